The molecule has 2 heterocycles. The molecular formula is C28H31N3O3S. The molecule has 0 N–H and O–H groups in total. The summed E-state index contributed by atoms with van der Waals surface area (Å²) in [6, 6.07) is 15.9. The molecule has 182 valence electrons. The predicted octanol–water partition coefficient (Wildman–Crippen LogP) is 5.35. The number of carbonyl (C=O) groups is 3. The molecule has 0 atom stereocenters. The molecule has 0 spiro atoms. The van der Waals surface area contributed by atoms with Gasteiger partial charge in [0.25, 0.3) is 11.1 Å². The fourth-order valence-corrected chi connectivity index (χ4v) is 5.39. The Labute approximate surface area is 210 Å². The van der Waals surface area contributed by atoms with Gasteiger partial charge in [-0.05, 0) is 55.7 Å². The van der Waals surface area contributed by atoms with Crippen LogP contribution in [0.15, 0.2) is 59.6 Å². The van der Waals surface area contributed by atoms with E-state index in [4.69, 9.17) is 0 Å². The molecule has 3 aromatic rings. The van der Waals surface area contributed by atoms with Crippen LogP contribution in [-0.4, -0.2) is 51.1 Å². The molecule has 0 bridgehead atoms. The number of amides is 3. The van der Waals surface area contributed by atoms with Crippen molar-refractivity contribution in [2.24, 2.45) is 0 Å². The van der Waals surface area contributed by atoms with Gasteiger partial charge in [0.1, 0.15) is 6.54 Å². The molecule has 1 aromatic heterocycles. The number of fused-ring (bicyclic) bond motifs is 1. The number of aryl methyl sites for hydroxylation is 1. The van der Waals surface area contributed by atoms with Crippen molar-refractivity contribution in [3.05, 3.63) is 76.3 Å². The van der Waals surface area contributed by atoms with Crippen molar-refractivity contribution in [2.75, 3.05) is 19.6 Å². The van der Waals surface area contributed by atoms with Crippen LogP contribution in [0, 0.1) is 0 Å². The van der Waals surface area contributed by atoms with Crippen LogP contribution >= 0.6 is 11.8 Å². The van der Waals surface area contributed by atoms with Crippen molar-refractivity contribution in [2.45, 2.75) is 40.2 Å². The van der Waals surface area contributed by atoms with E-state index in [1.165, 1.54) is 4.90 Å². The first-order valence-electron chi connectivity index (χ1n) is 12.1. The molecule has 6 nitrogen and oxygen atoms in total. The van der Waals surface area contributed by atoms with Crippen molar-refractivity contribution >= 4 is 45.8 Å². The second-order valence-corrected chi connectivity index (χ2v) is 9.51. The topological polar surface area (TPSA) is 62.6 Å². The number of thioether (sulfide) groups is 1. The molecule has 1 saturated heterocycles. The molecule has 0 saturated carbocycles. The standard InChI is InChI=1S/C28H31N3O3S/c1-4-21-13-10-14-23-22(18-30(26(21)23)19-25(32)29(5-2)6-3)17-24-27(33)31(28(34)35-24)16-15-20-11-8-7-9-12-20/h7-14,17-18H,4-6,15-16,19H2,1-3H3/b24-17-. The molecule has 0 aliphatic carbocycles. The van der Waals surface area contributed by atoms with Crippen molar-refractivity contribution in [1.29, 1.82) is 0 Å². The van der Waals surface area contributed by atoms with Crippen LogP contribution < -0.4 is 0 Å². The Bertz CT molecular complexity index is 1280. The summed E-state index contributed by atoms with van der Waals surface area (Å²) in [6.07, 6.45) is 5.19. The maximum atomic E-state index is 13.1. The van der Waals surface area contributed by atoms with E-state index in [1.54, 1.807) is 6.08 Å². The number of rotatable bonds is 9. The number of imide groups is 1. The minimum absolute atomic E-state index is 0.0607. The number of nitrogens with zero attached hydrogens (tertiary/aromatic N) is 3. The van der Waals surface area contributed by atoms with Gasteiger partial charge < -0.3 is 9.47 Å². The van der Waals surface area contributed by atoms with Gasteiger partial charge >= 0.3 is 0 Å². The third kappa shape index (κ3) is 5.20. The van der Waals surface area contributed by atoms with Crippen LogP contribution in [0.2, 0.25) is 0 Å². The van der Waals surface area contributed by atoms with E-state index in [9.17, 15) is 14.4 Å². The first-order chi connectivity index (χ1) is 17.0. The molecular weight excluding hydrogens is 458 g/mol. The Morgan fingerprint density at radius 2 is 1.74 bits per heavy atom. The number of para-hydroxylation sites is 1. The lowest BCUT2D eigenvalue weighted by atomic mass is 10.1. The van der Waals surface area contributed by atoms with Crippen LogP contribution in [0.1, 0.15) is 37.5 Å². The van der Waals surface area contributed by atoms with Crippen LogP contribution in [0.25, 0.3) is 17.0 Å². The van der Waals surface area contributed by atoms with Gasteiger partial charge in [0.15, 0.2) is 0 Å². The largest absolute Gasteiger partial charge is 0.342 e. The highest BCUT2D eigenvalue weighted by Crippen LogP contribution is 2.35. The molecule has 1 aliphatic rings. The zero-order valence-electron chi connectivity index (χ0n) is 20.5. The second kappa shape index (κ2) is 11.0. The lowest BCUT2D eigenvalue weighted by Gasteiger charge is -2.19. The van der Waals surface area contributed by atoms with Gasteiger partial charge in [-0.2, -0.15) is 0 Å². The average Bonchev–Trinajstić information content (AvgIpc) is 3.35. The van der Waals surface area contributed by atoms with E-state index in [2.05, 4.69) is 13.0 Å². The summed E-state index contributed by atoms with van der Waals surface area (Å²) >= 11 is 0.980. The highest BCUT2D eigenvalue weighted by Gasteiger charge is 2.35. The van der Waals surface area contributed by atoms with Crippen molar-refractivity contribution in [1.82, 2.24) is 14.4 Å². The van der Waals surface area contributed by atoms with Gasteiger partial charge in [0.2, 0.25) is 5.91 Å². The highest BCUT2D eigenvalue weighted by atomic mass is 32.2. The molecule has 7 heteroatoms. The monoisotopic (exact) mass is 489 g/mol. The first kappa shape index (κ1) is 24.8. The summed E-state index contributed by atoms with van der Waals surface area (Å²) in [5.41, 5.74) is 4.08. The molecule has 2 aromatic carbocycles. The lowest BCUT2D eigenvalue weighted by Crippen LogP contribution is -2.33. The van der Waals surface area contributed by atoms with E-state index in [1.807, 2.05) is 72.0 Å². The van der Waals surface area contributed by atoms with Gasteiger partial charge in [-0.15, -0.1) is 0 Å². The Morgan fingerprint density at radius 3 is 2.43 bits per heavy atom. The number of hydrogen-bond acceptors (Lipinski definition) is 4. The third-order valence-corrected chi connectivity index (χ3v) is 7.35. The minimum atomic E-state index is -0.261. The quantitative estimate of drug-likeness (QED) is 0.380. The van der Waals surface area contributed by atoms with Crippen LogP contribution in [-0.2, 0) is 29.0 Å². The molecule has 0 unspecified atom stereocenters. The zero-order valence-corrected chi connectivity index (χ0v) is 21.3. The molecule has 1 aliphatic heterocycles. The van der Waals surface area contributed by atoms with Gasteiger partial charge in [0, 0.05) is 36.8 Å². The maximum Gasteiger partial charge on any atom is 0.293 e. The maximum absolute atomic E-state index is 13.1. The Morgan fingerprint density at radius 1 is 1.00 bits per heavy atom. The summed E-state index contributed by atoms with van der Waals surface area (Å²) in [6.45, 7) is 7.97. The van der Waals surface area contributed by atoms with E-state index >= 15 is 0 Å². The first-order valence-corrected chi connectivity index (χ1v) is 13.0. The normalized spacial score (nSPS) is 14.9. The number of likely N-dealkylation sites (N-methyl/N-ethyl adjacent to an activating group) is 1. The van der Waals surface area contributed by atoms with Crippen LogP contribution in [0.4, 0.5) is 4.79 Å². The van der Waals surface area contributed by atoms with E-state index in [-0.39, 0.29) is 23.6 Å². The predicted molar refractivity (Wildman–Crippen MR) is 142 cm³/mol. The number of carbonyl (C=O) groups excluding carboxylic acids is 3. The SMILES string of the molecule is CCc1cccc2c(/C=C3\SC(=O)N(CCc4ccccc4)C3=O)cn(CC(=O)N(CC)CC)c12. The smallest absolute Gasteiger partial charge is 0.293 e. The fourth-order valence-electron chi connectivity index (χ4n) is 4.53. The minimum Gasteiger partial charge on any atom is -0.342 e. The Kier molecular flexibility index (Phi) is 7.76. The highest BCUT2D eigenvalue weighted by molar-refractivity contribution is 8.18. The zero-order chi connectivity index (χ0) is 24.9. The van der Waals surface area contributed by atoms with E-state index in [0.29, 0.717) is 31.0 Å². The third-order valence-electron chi connectivity index (χ3n) is 6.44. The molecule has 35 heavy (non-hydrogen) atoms. The molecule has 0 radical (unpaired) electrons. The summed E-state index contributed by atoms with van der Waals surface area (Å²) in [4.78, 5) is 42.2. The van der Waals surface area contributed by atoms with Gasteiger partial charge in [-0.1, -0.05) is 55.5 Å². The summed E-state index contributed by atoms with van der Waals surface area (Å²) in [7, 11) is 0. The average molecular weight is 490 g/mol. The van der Waals surface area contributed by atoms with E-state index in [0.717, 1.165) is 45.8 Å². The van der Waals surface area contributed by atoms with Gasteiger partial charge in [0.05, 0.1) is 10.4 Å². The number of hydrogen-bond donors (Lipinski definition) is 0. The molecule has 3 amide bonds. The fraction of sp³-hybridized carbons (Fsp3) is 0.321. The van der Waals surface area contributed by atoms with Crippen LogP contribution in [0.5, 0.6) is 0 Å². The van der Waals surface area contributed by atoms with Crippen LogP contribution in [0.3, 0.4) is 0 Å². The van der Waals surface area contributed by atoms with Gasteiger partial charge in [-0.3, -0.25) is 19.3 Å². The van der Waals surface area contributed by atoms with Crippen molar-refractivity contribution < 1.29 is 14.4 Å². The Hall–Kier alpha value is -3.32. The number of benzene rings is 2. The van der Waals surface area contributed by atoms with Gasteiger partial charge in [-0.25, -0.2) is 0 Å². The number of aromatic nitrogens is 1. The van der Waals surface area contributed by atoms with Crippen molar-refractivity contribution in [3.8, 4) is 0 Å². The second-order valence-electron chi connectivity index (χ2n) is 8.51. The van der Waals surface area contributed by atoms with E-state index < -0.39 is 0 Å². The Balaban J connectivity index is 1.64. The molecule has 4 rings (SSSR count). The summed E-state index contributed by atoms with van der Waals surface area (Å²) in [5.74, 6) is -0.201. The lowest BCUT2D eigenvalue weighted by molar-refractivity contribution is -0.131. The summed E-state index contributed by atoms with van der Waals surface area (Å²) in [5, 5.41) is 0.736. The molecule has 1 fully saturated rings. The van der Waals surface area contributed by atoms with Crippen molar-refractivity contribution in [3.63, 3.8) is 0 Å². The summed E-state index contributed by atoms with van der Waals surface area (Å²) < 4.78 is 1.99.